The Morgan fingerprint density at radius 1 is 1.47 bits per heavy atom. The van der Waals surface area contributed by atoms with Gasteiger partial charge in [0.05, 0.1) is 18.6 Å². The molecule has 0 heterocycles. The number of carbonyl (C=O) groups is 2. The highest BCUT2D eigenvalue weighted by Crippen LogP contribution is 2.15. The Hall–Kier alpha value is -1.91. The number of ether oxygens (including phenoxy) is 1. The van der Waals surface area contributed by atoms with E-state index in [1.165, 1.54) is 26.2 Å². The Morgan fingerprint density at radius 2 is 2.12 bits per heavy atom. The number of carbonyl (C=O) groups excluding carboxylic acids is 1. The van der Waals surface area contributed by atoms with E-state index in [9.17, 15) is 14.0 Å². The molecule has 17 heavy (non-hydrogen) atoms. The van der Waals surface area contributed by atoms with Gasteiger partial charge in [-0.3, -0.25) is 4.79 Å². The first-order valence-corrected chi connectivity index (χ1v) is 5.05. The van der Waals surface area contributed by atoms with Crippen LogP contribution in [0.3, 0.4) is 0 Å². The molecule has 0 aliphatic rings. The van der Waals surface area contributed by atoms with Crippen LogP contribution in [0.5, 0.6) is 0 Å². The van der Waals surface area contributed by atoms with Crippen LogP contribution in [0.2, 0.25) is 0 Å². The Bertz CT molecular complexity index is 442. The van der Waals surface area contributed by atoms with Crippen LogP contribution in [0.1, 0.15) is 22.8 Å². The van der Waals surface area contributed by atoms with Crippen molar-refractivity contribution in [2.75, 3.05) is 7.11 Å². The van der Waals surface area contributed by atoms with Crippen molar-refractivity contribution in [3.63, 3.8) is 0 Å². The van der Waals surface area contributed by atoms with Gasteiger partial charge in [0.1, 0.15) is 5.82 Å². The minimum absolute atomic E-state index is 0.0859. The summed E-state index contributed by atoms with van der Waals surface area (Å²) in [4.78, 5) is 21.8. The maximum atomic E-state index is 13.6. The molecule has 0 spiro atoms. The molecule has 0 radical (unpaired) electrons. The van der Waals surface area contributed by atoms with Crippen LogP contribution in [-0.2, 0) is 16.0 Å². The fourth-order valence-corrected chi connectivity index (χ4v) is 1.37. The first-order valence-electron chi connectivity index (χ1n) is 5.05. The molecular weight excluding hydrogens is 227 g/mol. The van der Waals surface area contributed by atoms with Crippen LogP contribution in [0.25, 0.3) is 0 Å². The van der Waals surface area contributed by atoms with Gasteiger partial charge in [0.25, 0.3) is 0 Å². The Labute approximate surface area is 98.0 Å². The Balaban J connectivity index is 2.90. The van der Waals surface area contributed by atoms with Gasteiger partial charge in [0.2, 0.25) is 0 Å². The van der Waals surface area contributed by atoms with Gasteiger partial charge in [-0.15, -0.1) is 0 Å². The van der Waals surface area contributed by atoms with E-state index in [1.54, 1.807) is 0 Å². The molecule has 1 N–H and O–H groups in total. The number of carboxylic acids is 1. The maximum absolute atomic E-state index is 13.6. The van der Waals surface area contributed by atoms with Crippen LogP contribution >= 0.6 is 0 Å². The summed E-state index contributed by atoms with van der Waals surface area (Å²) in [6, 6.07) is 3.87. The third-order valence-corrected chi connectivity index (χ3v) is 2.42. The normalized spacial score (nSPS) is 11.9. The minimum atomic E-state index is -0.985. The van der Waals surface area contributed by atoms with Crippen molar-refractivity contribution >= 4 is 11.9 Å². The zero-order valence-corrected chi connectivity index (χ0v) is 9.57. The van der Waals surface area contributed by atoms with Crippen molar-refractivity contribution in [3.05, 3.63) is 35.1 Å². The number of aliphatic carboxylic acids is 1. The predicted octanol–water partition coefficient (Wildman–Crippen LogP) is 1.88. The molecule has 1 aromatic carbocycles. The third kappa shape index (κ3) is 3.27. The second-order valence-electron chi connectivity index (χ2n) is 3.74. The summed E-state index contributed by atoms with van der Waals surface area (Å²) in [5, 5.41) is 8.72. The van der Waals surface area contributed by atoms with E-state index < -0.39 is 23.7 Å². The van der Waals surface area contributed by atoms with Crippen LogP contribution in [0.4, 0.5) is 4.39 Å². The molecule has 5 heteroatoms. The molecule has 0 aliphatic heterocycles. The van der Waals surface area contributed by atoms with E-state index in [-0.39, 0.29) is 17.5 Å². The van der Waals surface area contributed by atoms with Crippen LogP contribution in [-0.4, -0.2) is 24.2 Å². The number of benzene rings is 1. The maximum Gasteiger partial charge on any atom is 0.337 e. The van der Waals surface area contributed by atoms with E-state index in [0.29, 0.717) is 0 Å². The Morgan fingerprint density at radius 3 is 2.59 bits per heavy atom. The molecule has 0 aliphatic carbocycles. The summed E-state index contributed by atoms with van der Waals surface area (Å²) < 4.78 is 18.0. The van der Waals surface area contributed by atoms with Gasteiger partial charge in [0.15, 0.2) is 0 Å². The number of hydrogen-bond donors (Lipinski definition) is 1. The highest BCUT2D eigenvalue weighted by Gasteiger charge is 2.15. The van der Waals surface area contributed by atoms with Gasteiger partial charge >= 0.3 is 11.9 Å². The average Bonchev–Trinajstić information content (AvgIpc) is 2.30. The minimum Gasteiger partial charge on any atom is -0.481 e. The SMILES string of the molecule is COC(=O)c1ccc(CC(C)C(=O)O)c(F)c1. The zero-order chi connectivity index (χ0) is 13.0. The monoisotopic (exact) mass is 240 g/mol. The van der Waals surface area contributed by atoms with Crippen molar-refractivity contribution < 1.29 is 23.8 Å². The van der Waals surface area contributed by atoms with Gasteiger partial charge in [-0.1, -0.05) is 13.0 Å². The summed E-state index contributed by atoms with van der Waals surface area (Å²) in [5.74, 6) is -2.88. The van der Waals surface area contributed by atoms with E-state index in [4.69, 9.17) is 5.11 Å². The second-order valence-corrected chi connectivity index (χ2v) is 3.74. The molecular formula is C12H13FO4. The quantitative estimate of drug-likeness (QED) is 0.816. The third-order valence-electron chi connectivity index (χ3n) is 2.42. The van der Waals surface area contributed by atoms with Crippen molar-refractivity contribution in [2.45, 2.75) is 13.3 Å². The number of methoxy groups -OCH3 is 1. The van der Waals surface area contributed by atoms with Gasteiger partial charge < -0.3 is 9.84 Å². The summed E-state index contributed by atoms with van der Waals surface area (Å²) >= 11 is 0. The van der Waals surface area contributed by atoms with Crippen LogP contribution in [0.15, 0.2) is 18.2 Å². The summed E-state index contributed by atoms with van der Waals surface area (Å²) in [6.45, 7) is 1.50. The summed E-state index contributed by atoms with van der Waals surface area (Å²) in [6.07, 6.45) is 0.0859. The lowest BCUT2D eigenvalue weighted by Crippen LogP contribution is -2.13. The summed E-state index contributed by atoms with van der Waals surface area (Å²) in [5.41, 5.74) is 0.379. The largest absolute Gasteiger partial charge is 0.481 e. The second kappa shape index (κ2) is 5.43. The molecule has 4 nitrogen and oxygen atoms in total. The highest BCUT2D eigenvalue weighted by molar-refractivity contribution is 5.89. The first-order chi connectivity index (χ1) is 7.95. The predicted molar refractivity (Wildman–Crippen MR) is 58.2 cm³/mol. The lowest BCUT2D eigenvalue weighted by molar-refractivity contribution is -0.141. The van der Waals surface area contributed by atoms with E-state index >= 15 is 0 Å². The average molecular weight is 240 g/mol. The molecule has 0 saturated heterocycles. The summed E-state index contributed by atoms with van der Waals surface area (Å²) in [7, 11) is 1.21. The molecule has 0 aromatic heterocycles. The molecule has 0 fully saturated rings. The van der Waals surface area contributed by atoms with E-state index in [1.807, 2.05) is 0 Å². The smallest absolute Gasteiger partial charge is 0.337 e. The lowest BCUT2D eigenvalue weighted by atomic mass is 10.00. The van der Waals surface area contributed by atoms with E-state index in [2.05, 4.69) is 4.74 Å². The van der Waals surface area contributed by atoms with Crippen molar-refractivity contribution in [1.82, 2.24) is 0 Å². The fourth-order valence-electron chi connectivity index (χ4n) is 1.37. The van der Waals surface area contributed by atoms with Gasteiger partial charge in [-0.05, 0) is 24.1 Å². The number of esters is 1. The first kappa shape index (κ1) is 13.2. The fraction of sp³-hybridized carbons (Fsp3) is 0.333. The number of hydrogen-bond acceptors (Lipinski definition) is 3. The van der Waals surface area contributed by atoms with Gasteiger partial charge in [-0.25, -0.2) is 9.18 Å². The molecule has 92 valence electrons. The molecule has 1 aromatic rings. The molecule has 1 rings (SSSR count). The van der Waals surface area contributed by atoms with Gasteiger partial charge in [-0.2, -0.15) is 0 Å². The van der Waals surface area contributed by atoms with Crippen molar-refractivity contribution in [3.8, 4) is 0 Å². The zero-order valence-electron chi connectivity index (χ0n) is 9.57. The standard InChI is InChI=1S/C12H13FO4/c1-7(11(14)15)5-8-3-4-9(6-10(8)13)12(16)17-2/h3-4,6-7H,5H2,1-2H3,(H,14,15). The van der Waals surface area contributed by atoms with Gasteiger partial charge in [0, 0.05) is 0 Å². The van der Waals surface area contributed by atoms with Crippen LogP contribution < -0.4 is 0 Å². The molecule has 1 unspecified atom stereocenters. The molecule has 0 bridgehead atoms. The van der Waals surface area contributed by atoms with E-state index in [0.717, 1.165) is 6.07 Å². The molecule has 0 amide bonds. The van der Waals surface area contributed by atoms with Crippen molar-refractivity contribution in [1.29, 1.82) is 0 Å². The highest BCUT2D eigenvalue weighted by atomic mass is 19.1. The number of rotatable bonds is 4. The topological polar surface area (TPSA) is 63.6 Å². The Kier molecular flexibility index (Phi) is 4.20. The number of halogens is 1. The number of carboxylic acid groups (broad SMARTS) is 1. The molecule has 1 atom stereocenters. The molecule has 0 saturated carbocycles. The van der Waals surface area contributed by atoms with Crippen LogP contribution in [0, 0.1) is 11.7 Å². The van der Waals surface area contributed by atoms with Crippen molar-refractivity contribution in [2.24, 2.45) is 5.92 Å². The lowest BCUT2D eigenvalue weighted by Gasteiger charge is -2.08.